The van der Waals surface area contributed by atoms with Crippen LogP contribution in [0.4, 0.5) is 0 Å². The number of hydrogen-bond acceptors (Lipinski definition) is 2. The molecule has 1 aliphatic carbocycles. The monoisotopic (exact) mass is 225 g/mol. The molecule has 2 rings (SSSR count). The highest BCUT2D eigenvalue weighted by atomic mass is 16.3. The summed E-state index contributed by atoms with van der Waals surface area (Å²) >= 11 is 0. The van der Waals surface area contributed by atoms with Crippen LogP contribution in [0.3, 0.4) is 0 Å². The van der Waals surface area contributed by atoms with Crippen molar-refractivity contribution >= 4 is 0 Å². The summed E-state index contributed by atoms with van der Waals surface area (Å²) in [5.41, 5.74) is 0.117. The summed E-state index contributed by atoms with van der Waals surface area (Å²) in [4.78, 5) is 2.55. The summed E-state index contributed by atoms with van der Waals surface area (Å²) in [6.07, 6.45) is 6.14. The summed E-state index contributed by atoms with van der Waals surface area (Å²) in [7, 11) is 0. The van der Waals surface area contributed by atoms with Gasteiger partial charge in [0, 0.05) is 6.04 Å². The van der Waals surface area contributed by atoms with Gasteiger partial charge in [0.25, 0.3) is 0 Å². The van der Waals surface area contributed by atoms with E-state index >= 15 is 0 Å². The van der Waals surface area contributed by atoms with Gasteiger partial charge in [0.2, 0.25) is 0 Å². The first kappa shape index (κ1) is 12.4. The van der Waals surface area contributed by atoms with E-state index in [-0.39, 0.29) is 11.5 Å². The smallest absolute Gasteiger partial charge is 0.0746 e. The molecule has 0 aromatic carbocycles. The van der Waals surface area contributed by atoms with Gasteiger partial charge < -0.3 is 5.11 Å². The number of aliphatic hydroxyl groups excluding tert-OH is 1. The van der Waals surface area contributed by atoms with E-state index in [1.807, 2.05) is 0 Å². The molecule has 16 heavy (non-hydrogen) atoms. The van der Waals surface area contributed by atoms with Crippen molar-refractivity contribution in [1.29, 1.82) is 0 Å². The van der Waals surface area contributed by atoms with Crippen LogP contribution in [-0.2, 0) is 0 Å². The molecule has 2 atom stereocenters. The third-order valence-electron chi connectivity index (χ3n) is 4.77. The first-order chi connectivity index (χ1) is 7.50. The maximum Gasteiger partial charge on any atom is 0.0746 e. The Morgan fingerprint density at radius 2 is 1.75 bits per heavy atom. The zero-order chi connectivity index (χ0) is 11.8. The highest BCUT2D eigenvalue weighted by molar-refractivity contribution is 4.94. The van der Waals surface area contributed by atoms with Crippen molar-refractivity contribution in [2.75, 3.05) is 13.1 Å². The van der Waals surface area contributed by atoms with Crippen LogP contribution in [0.25, 0.3) is 0 Å². The van der Waals surface area contributed by atoms with Gasteiger partial charge in [0.15, 0.2) is 0 Å². The van der Waals surface area contributed by atoms with Crippen molar-refractivity contribution in [3.63, 3.8) is 0 Å². The van der Waals surface area contributed by atoms with Crippen LogP contribution < -0.4 is 0 Å². The predicted molar refractivity (Wildman–Crippen MR) is 67.4 cm³/mol. The van der Waals surface area contributed by atoms with Gasteiger partial charge in [-0.25, -0.2) is 0 Å². The van der Waals surface area contributed by atoms with Crippen molar-refractivity contribution in [2.24, 2.45) is 11.3 Å². The molecule has 1 aliphatic heterocycles. The minimum Gasteiger partial charge on any atom is -0.391 e. The van der Waals surface area contributed by atoms with Gasteiger partial charge in [-0.05, 0) is 50.1 Å². The lowest BCUT2D eigenvalue weighted by atomic mass is 9.72. The zero-order valence-corrected chi connectivity index (χ0v) is 11.1. The van der Waals surface area contributed by atoms with Gasteiger partial charge in [-0.2, -0.15) is 0 Å². The first-order valence-corrected chi connectivity index (χ1v) is 6.93. The van der Waals surface area contributed by atoms with Crippen molar-refractivity contribution in [3.05, 3.63) is 0 Å². The Bertz CT molecular complexity index is 231. The van der Waals surface area contributed by atoms with Crippen molar-refractivity contribution in [3.8, 4) is 0 Å². The van der Waals surface area contributed by atoms with Crippen LogP contribution in [0.2, 0.25) is 0 Å². The number of rotatable bonds is 1. The summed E-state index contributed by atoms with van der Waals surface area (Å²) in [5, 5.41) is 10.5. The van der Waals surface area contributed by atoms with Gasteiger partial charge in [0.05, 0.1) is 6.10 Å². The molecule has 1 heterocycles. The van der Waals surface area contributed by atoms with E-state index in [1.165, 1.54) is 45.2 Å². The second-order valence-electron chi connectivity index (χ2n) is 6.61. The van der Waals surface area contributed by atoms with Crippen molar-refractivity contribution in [2.45, 2.75) is 65.0 Å². The van der Waals surface area contributed by atoms with E-state index in [9.17, 15) is 5.11 Å². The molecule has 94 valence electrons. The summed E-state index contributed by atoms with van der Waals surface area (Å²) in [6, 6.07) is 0.427. The Morgan fingerprint density at radius 3 is 2.38 bits per heavy atom. The third kappa shape index (κ3) is 2.43. The predicted octanol–water partition coefficient (Wildman–Crippen LogP) is 2.66. The number of piperidine rings is 1. The minimum atomic E-state index is -0.130. The van der Waals surface area contributed by atoms with Crippen LogP contribution in [-0.4, -0.2) is 35.2 Å². The molecule has 1 N–H and O–H groups in total. The standard InChI is InChI=1S/C14H27NO/c1-11-6-9-15(10-7-11)12-5-4-8-14(2,3)13(12)16/h11-13,16H,4-10H2,1-3H3. The van der Waals surface area contributed by atoms with Crippen LogP contribution in [0.15, 0.2) is 0 Å². The Balaban J connectivity index is 1.98. The zero-order valence-electron chi connectivity index (χ0n) is 11.1. The molecule has 0 spiro atoms. The van der Waals surface area contributed by atoms with Crippen LogP contribution >= 0.6 is 0 Å². The number of hydrogen-bond donors (Lipinski definition) is 1. The number of aliphatic hydroxyl groups is 1. The lowest BCUT2D eigenvalue weighted by Crippen LogP contribution is -2.54. The fraction of sp³-hybridized carbons (Fsp3) is 1.00. The SMILES string of the molecule is CC1CCN(C2CCCC(C)(C)C2O)CC1. The molecule has 2 aliphatic rings. The van der Waals surface area contributed by atoms with E-state index in [4.69, 9.17) is 0 Å². The molecule has 0 aromatic heterocycles. The fourth-order valence-electron chi connectivity index (χ4n) is 3.34. The van der Waals surface area contributed by atoms with Crippen LogP contribution in [0, 0.1) is 11.3 Å². The van der Waals surface area contributed by atoms with E-state index in [1.54, 1.807) is 0 Å². The Labute approximate surface area is 100 Å². The van der Waals surface area contributed by atoms with E-state index in [0.717, 1.165) is 5.92 Å². The molecular weight excluding hydrogens is 198 g/mol. The molecule has 2 unspecified atom stereocenters. The normalized spacial score (nSPS) is 37.5. The maximum absolute atomic E-state index is 10.5. The highest BCUT2D eigenvalue weighted by Gasteiger charge is 2.40. The lowest BCUT2D eigenvalue weighted by molar-refractivity contribution is -0.0642. The largest absolute Gasteiger partial charge is 0.391 e. The fourth-order valence-corrected chi connectivity index (χ4v) is 3.34. The van der Waals surface area contributed by atoms with E-state index < -0.39 is 0 Å². The summed E-state index contributed by atoms with van der Waals surface area (Å²) in [6.45, 7) is 9.17. The van der Waals surface area contributed by atoms with Gasteiger partial charge in [-0.1, -0.05) is 27.2 Å². The van der Waals surface area contributed by atoms with E-state index in [2.05, 4.69) is 25.7 Å². The molecule has 0 radical (unpaired) electrons. The van der Waals surface area contributed by atoms with Gasteiger partial charge in [-0.3, -0.25) is 4.90 Å². The molecule has 2 fully saturated rings. The van der Waals surface area contributed by atoms with Gasteiger partial charge in [0.1, 0.15) is 0 Å². The molecule has 0 amide bonds. The highest BCUT2D eigenvalue weighted by Crippen LogP contribution is 2.38. The lowest BCUT2D eigenvalue weighted by Gasteiger charge is -2.47. The summed E-state index contributed by atoms with van der Waals surface area (Å²) in [5.74, 6) is 0.880. The molecule has 0 aromatic rings. The number of likely N-dealkylation sites (tertiary alicyclic amines) is 1. The molecule has 1 saturated heterocycles. The minimum absolute atomic E-state index is 0.117. The van der Waals surface area contributed by atoms with Crippen LogP contribution in [0.5, 0.6) is 0 Å². The summed E-state index contributed by atoms with van der Waals surface area (Å²) < 4.78 is 0. The second-order valence-corrected chi connectivity index (χ2v) is 6.61. The molecule has 2 heteroatoms. The van der Waals surface area contributed by atoms with Crippen molar-refractivity contribution in [1.82, 2.24) is 4.90 Å². The Morgan fingerprint density at radius 1 is 1.12 bits per heavy atom. The Hall–Kier alpha value is -0.0800. The molecule has 2 nitrogen and oxygen atoms in total. The Kier molecular flexibility index (Phi) is 3.60. The maximum atomic E-state index is 10.5. The average molecular weight is 225 g/mol. The molecule has 0 bridgehead atoms. The van der Waals surface area contributed by atoms with Crippen LogP contribution in [0.1, 0.15) is 52.9 Å². The number of nitrogens with zero attached hydrogens (tertiary/aromatic N) is 1. The van der Waals surface area contributed by atoms with Gasteiger partial charge in [-0.15, -0.1) is 0 Å². The molecular formula is C14H27NO. The second kappa shape index (κ2) is 4.66. The molecule has 1 saturated carbocycles. The topological polar surface area (TPSA) is 23.5 Å². The van der Waals surface area contributed by atoms with Gasteiger partial charge >= 0.3 is 0 Å². The third-order valence-corrected chi connectivity index (χ3v) is 4.77. The quantitative estimate of drug-likeness (QED) is 0.741. The van der Waals surface area contributed by atoms with E-state index in [0.29, 0.717) is 6.04 Å². The van der Waals surface area contributed by atoms with Crippen molar-refractivity contribution < 1.29 is 5.11 Å². The average Bonchev–Trinajstić information content (AvgIpc) is 2.24. The first-order valence-electron chi connectivity index (χ1n) is 6.93.